The summed E-state index contributed by atoms with van der Waals surface area (Å²) in [6.07, 6.45) is 4.76. The molecule has 1 aliphatic carbocycles. The van der Waals surface area contributed by atoms with Crippen molar-refractivity contribution in [2.45, 2.75) is 51.1 Å². The van der Waals surface area contributed by atoms with Gasteiger partial charge in [0, 0.05) is 18.2 Å². The Morgan fingerprint density at radius 2 is 2.00 bits per heavy atom. The average molecular weight is 308 g/mol. The number of benzene rings is 1. The largest absolute Gasteiger partial charge is 0.396 e. The Bertz CT molecular complexity index is 489. The molecule has 5 heteroatoms. The van der Waals surface area contributed by atoms with E-state index in [0.29, 0.717) is 12.0 Å². The van der Waals surface area contributed by atoms with Crippen molar-refractivity contribution in [3.8, 4) is 0 Å². The molecule has 0 saturated heterocycles. The van der Waals surface area contributed by atoms with Gasteiger partial charge in [-0.1, -0.05) is 31.0 Å². The number of amides is 2. The first-order valence-corrected chi connectivity index (χ1v) is 8.04. The van der Waals surface area contributed by atoms with Crippen LogP contribution in [0, 0.1) is 11.7 Å². The molecule has 0 aliphatic heterocycles. The summed E-state index contributed by atoms with van der Waals surface area (Å²) in [5.41, 5.74) is 0.555. The highest BCUT2D eigenvalue weighted by molar-refractivity contribution is 5.74. The van der Waals surface area contributed by atoms with Crippen LogP contribution < -0.4 is 10.6 Å². The number of carbonyl (C=O) groups is 1. The molecule has 2 amide bonds. The number of nitrogens with one attached hydrogen (secondary N) is 2. The van der Waals surface area contributed by atoms with E-state index < -0.39 is 0 Å². The minimum Gasteiger partial charge on any atom is -0.396 e. The van der Waals surface area contributed by atoms with Crippen molar-refractivity contribution in [1.82, 2.24) is 10.6 Å². The van der Waals surface area contributed by atoms with E-state index in [9.17, 15) is 9.18 Å². The number of hydrogen-bond acceptors (Lipinski definition) is 2. The molecule has 4 nitrogen and oxygen atoms in total. The molecule has 2 rings (SSSR count). The fourth-order valence-electron chi connectivity index (χ4n) is 3.14. The highest BCUT2D eigenvalue weighted by Gasteiger charge is 2.29. The van der Waals surface area contributed by atoms with Gasteiger partial charge in [0.1, 0.15) is 5.82 Å². The summed E-state index contributed by atoms with van der Waals surface area (Å²) in [5.74, 6) is -0.00101. The summed E-state index contributed by atoms with van der Waals surface area (Å²) < 4.78 is 14.1. The molecule has 0 radical (unpaired) electrons. The summed E-state index contributed by atoms with van der Waals surface area (Å²) in [5, 5.41) is 14.6. The normalized spacial score (nSPS) is 18.0. The second-order valence-electron chi connectivity index (χ2n) is 6.07. The van der Waals surface area contributed by atoms with Gasteiger partial charge in [0.05, 0.1) is 6.04 Å². The van der Waals surface area contributed by atoms with E-state index in [1.165, 1.54) is 6.07 Å². The molecular weight excluding hydrogens is 283 g/mol. The molecular formula is C17H25FN2O2. The first-order valence-electron chi connectivity index (χ1n) is 8.04. The Hall–Kier alpha value is -1.62. The van der Waals surface area contributed by atoms with E-state index in [2.05, 4.69) is 10.6 Å². The number of rotatable bonds is 6. The van der Waals surface area contributed by atoms with Gasteiger partial charge in [-0.15, -0.1) is 0 Å². The molecule has 0 spiro atoms. The Labute approximate surface area is 131 Å². The Balaban J connectivity index is 2.08. The van der Waals surface area contributed by atoms with Crippen LogP contribution in [-0.2, 0) is 0 Å². The fourth-order valence-corrected chi connectivity index (χ4v) is 3.14. The molecule has 1 fully saturated rings. The van der Waals surface area contributed by atoms with Gasteiger partial charge in [-0.3, -0.25) is 0 Å². The third-order valence-electron chi connectivity index (χ3n) is 4.34. The highest BCUT2D eigenvalue weighted by atomic mass is 19.1. The predicted octanol–water partition coefficient (Wildman–Crippen LogP) is 3.13. The number of aliphatic hydroxyl groups is 1. The summed E-state index contributed by atoms with van der Waals surface area (Å²) in [6.45, 7) is 1.87. The van der Waals surface area contributed by atoms with Gasteiger partial charge in [0.2, 0.25) is 0 Å². The van der Waals surface area contributed by atoms with Crippen LogP contribution in [-0.4, -0.2) is 23.8 Å². The smallest absolute Gasteiger partial charge is 0.315 e. The third kappa shape index (κ3) is 4.44. The fraction of sp³-hybridized carbons (Fsp3) is 0.588. The van der Waals surface area contributed by atoms with Crippen LogP contribution in [0.3, 0.4) is 0 Å². The van der Waals surface area contributed by atoms with Crippen LogP contribution >= 0.6 is 0 Å². The van der Waals surface area contributed by atoms with E-state index in [0.717, 1.165) is 25.7 Å². The van der Waals surface area contributed by atoms with E-state index in [1.54, 1.807) is 18.2 Å². The lowest BCUT2D eigenvalue weighted by molar-refractivity contribution is 0.222. The van der Waals surface area contributed by atoms with E-state index in [4.69, 9.17) is 5.11 Å². The lowest BCUT2D eigenvalue weighted by Gasteiger charge is -2.26. The van der Waals surface area contributed by atoms with Crippen molar-refractivity contribution in [3.63, 3.8) is 0 Å². The van der Waals surface area contributed by atoms with Crippen molar-refractivity contribution >= 4 is 6.03 Å². The van der Waals surface area contributed by atoms with Crippen LogP contribution in [0.25, 0.3) is 0 Å². The van der Waals surface area contributed by atoms with Gasteiger partial charge in [-0.05, 0) is 38.2 Å². The SMILES string of the molecule is C[C@H](CCO)NC(=O)NC(c1ccccc1F)C1CCCC1. The summed E-state index contributed by atoms with van der Waals surface area (Å²) in [6, 6.07) is 5.92. The number of carbonyl (C=O) groups excluding carboxylic acids is 1. The summed E-state index contributed by atoms with van der Waals surface area (Å²) in [7, 11) is 0. The van der Waals surface area contributed by atoms with Crippen LogP contribution in [0.4, 0.5) is 9.18 Å². The Morgan fingerprint density at radius 1 is 1.32 bits per heavy atom. The topological polar surface area (TPSA) is 61.4 Å². The highest BCUT2D eigenvalue weighted by Crippen LogP contribution is 2.36. The second kappa shape index (κ2) is 8.13. The van der Waals surface area contributed by atoms with Crippen LogP contribution in [0.15, 0.2) is 24.3 Å². The molecule has 22 heavy (non-hydrogen) atoms. The van der Waals surface area contributed by atoms with Crippen LogP contribution in [0.5, 0.6) is 0 Å². The van der Waals surface area contributed by atoms with Gasteiger partial charge < -0.3 is 15.7 Å². The third-order valence-corrected chi connectivity index (χ3v) is 4.34. The monoisotopic (exact) mass is 308 g/mol. The van der Waals surface area contributed by atoms with Crippen LogP contribution in [0.1, 0.15) is 50.6 Å². The Morgan fingerprint density at radius 3 is 2.64 bits per heavy atom. The van der Waals surface area contributed by atoms with Crippen molar-refractivity contribution in [2.24, 2.45) is 5.92 Å². The van der Waals surface area contributed by atoms with E-state index in [1.807, 2.05) is 6.92 Å². The zero-order chi connectivity index (χ0) is 15.9. The van der Waals surface area contributed by atoms with Crippen molar-refractivity contribution < 1.29 is 14.3 Å². The molecule has 0 heterocycles. The van der Waals surface area contributed by atoms with Crippen molar-refractivity contribution in [1.29, 1.82) is 0 Å². The summed E-state index contributed by atoms with van der Waals surface area (Å²) >= 11 is 0. The zero-order valence-corrected chi connectivity index (χ0v) is 13.0. The van der Waals surface area contributed by atoms with Crippen molar-refractivity contribution in [2.75, 3.05) is 6.61 Å². The molecule has 1 aliphatic rings. The van der Waals surface area contributed by atoms with Gasteiger partial charge in [-0.25, -0.2) is 9.18 Å². The lowest BCUT2D eigenvalue weighted by Crippen LogP contribution is -2.44. The number of urea groups is 1. The average Bonchev–Trinajstić information content (AvgIpc) is 3.00. The van der Waals surface area contributed by atoms with E-state index in [-0.39, 0.29) is 36.5 Å². The van der Waals surface area contributed by atoms with Crippen molar-refractivity contribution in [3.05, 3.63) is 35.6 Å². The number of aliphatic hydroxyl groups excluding tert-OH is 1. The first-order chi connectivity index (χ1) is 10.6. The Kier molecular flexibility index (Phi) is 6.19. The molecule has 0 bridgehead atoms. The molecule has 1 saturated carbocycles. The molecule has 3 N–H and O–H groups in total. The quantitative estimate of drug-likeness (QED) is 0.756. The van der Waals surface area contributed by atoms with E-state index >= 15 is 0 Å². The zero-order valence-electron chi connectivity index (χ0n) is 13.0. The minimum atomic E-state index is -0.305. The predicted molar refractivity (Wildman–Crippen MR) is 83.9 cm³/mol. The molecule has 0 aromatic heterocycles. The summed E-state index contributed by atoms with van der Waals surface area (Å²) in [4.78, 5) is 12.2. The molecule has 2 atom stereocenters. The first kappa shape index (κ1) is 16.7. The molecule has 1 aromatic rings. The van der Waals surface area contributed by atoms with Gasteiger partial charge in [0.15, 0.2) is 0 Å². The maximum absolute atomic E-state index is 14.1. The molecule has 122 valence electrons. The van der Waals surface area contributed by atoms with Gasteiger partial charge >= 0.3 is 6.03 Å². The van der Waals surface area contributed by atoms with Gasteiger partial charge in [0.25, 0.3) is 0 Å². The number of halogens is 1. The van der Waals surface area contributed by atoms with Crippen LogP contribution in [0.2, 0.25) is 0 Å². The maximum atomic E-state index is 14.1. The number of hydrogen-bond donors (Lipinski definition) is 3. The lowest BCUT2D eigenvalue weighted by atomic mass is 9.91. The molecule has 1 unspecified atom stereocenters. The maximum Gasteiger partial charge on any atom is 0.315 e. The minimum absolute atomic E-state index is 0.0286. The second-order valence-corrected chi connectivity index (χ2v) is 6.07. The standard InChI is InChI=1S/C17H25FN2O2/c1-12(10-11-21)19-17(22)20-16(13-6-2-3-7-13)14-8-4-5-9-15(14)18/h4-5,8-9,12-13,16,21H,2-3,6-7,10-11H2,1H3,(H2,19,20,22)/t12-,16?/m1/s1. The molecule has 1 aromatic carbocycles. The van der Waals surface area contributed by atoms with Gasteiger partial charge in [-0.2, -0.15) is 0 Å².